The first-order chi connectivity index (χ1) is 16.5. The topological polar surface area (TPSA) is 88.6 Å². The maximum Gasteiger partial charge on any atom is 0.409 e. The third kappa shape index (κ3) is 3.70. The molecule has 9 nitrogen and oxygen atoms in total. The zero-order valence-corrected chi connectivity index (χ0v) is 19.2. The molecule has 0 radical (unpaired) electrons. The molecule has 2 atom stereocenters. The van der Waals surface area contributed by atoms with Crippen LogP contribution in [-0.2, 0) is 9.53 Å². The van der Waals surface area contributed by atoms with E-state index in [2.05, 4.69) is 0 Å². The van der Waals surface area contributed by atoms with Crippen LogP contribution in [0.2, 0.25) is 0 Å². The summed E-state index contributed by atoms with van der Waals surface area (Å²) in [5.74, 6) is 0.458. The van der Waals surface area contributed by atoms with Crippen molar-refractivity contribution in [1.29, 1.82) is 0 Å². The predicted molar refractivity (Wildman–Crippen MR) is 122 cm³/mol. The highest BCUT2D eigenvalue weighted by Gasteiger charge is 2.45. The zero-order chi connectivity index (χ0) is 23.8. The SMILES string of the molecule is CCOC(=O)N1CCN(C(=O)[C@@H]2c3ccccc3C(=O)N(C)[C@@H]2c2ccc3c(c2)OCO3)CC1. The Kier molecular flexibility index (Phi) is 5.77. The molecule has 2 aromatic rings. The lowest BCUT2D eigenvalue weighted by molar-refractivity contribution is -0.136. The number of carbonyl (C=O) groups is 3. The third-order valence-corrected chi connectivity index (χ3v) is 6.70. The predicted octanol–water partition coefficient (Wildman–Crippen LogP) is 2.63. The maximum atomic E-state index is 14.0. The second-order valence-electron chi connectivity index (χ2n) is 8.55. The fourth-order valence-corrected chi connectivity index (χ4v) is 4.98. The van der Waals surface area contributed by atoms with Crippen molar-refractivity contribution < 1.29 is 28.6 Å². The lowest BCUT2D eigenvalue weighted by Crippen LogP contribution is -2.54. The van der Waals surface area contributed by atoms with E-state index >= 15 is 0 Å². The Morgan fingerprint density at radius 2 is 1.71 bits per heavy atom. The minimum atomic E-state index is -0.589. The van der Waals surface area contributed by atoms with Crippen molar-refractivity contribution >= 4 is 17.9 Å². The molecule has 1 saturated heterocycles. The van der Waals surface area contributed by atoms with Gasteiger partial charge in [0.25, 0.3) is 5.91 Å². The number of hydrogen-bond acceptors (Lipinski definition) is 6. The van der Waals surface area contributed by atoms with E-state index in [4.69, 9.17) is 14.2 Å². The number of likely N-dealkylation sites (N-methyl/N-ethyl adjacent to an activating group) is 1. The molecule has 0 aliphatic carbocycles. The highest BCUT2D eigenvalue weighted by Crippen LogP contribution is 2.45. The van der Waals surface area contributed by atoms with E-state index in [0.717, 1.165) is 5.56 Å². The van der Waals surface area contributed by atoms with Crippen LogP contribution >= 0.6 is 0 Å². The smallest absolute Gasteiger partial charge is 0.409 e. The highest BCUT2D eigenvalue weighted by atomic mass is 16.7. The van der Waals surface area contributed by atoms with E-state index in [1.54, 1.807) is 34.7 Å². The summed E-state index contributed by atoms with van der Waals surface area (Å²) in [5, 5.41) is 0. The number of piperazine rings is 1. The van der Waals surface area contributed by atoms with Gasteiger partial charge in [0, 0.05) is 38.8 Å². The molecule has 0 bridgehead atoms. The summed E-state index contributed by atoms with van der Waals surface area (Å²) in [7, 11) is 1.73. The van der Waals surface area contributed by atoms with Crippen molar-refractivity contribution in [2.75, 3.05) is 46.6 Å². The summed E-state index contributed by atoms with van der Waals surface area (Å²) in [6.45, 7) is 3.85. The van der Waals surface area contributed by atoms with Gasteiger partial charge >= 0.3 is 6.09 Å². The summed E-state index contributed by atoms with van der Waals surface area (Å²) < 4.78 is 16.1. The van der Waals surface area contributed by atoms with Crippen LogP contribution in [0.25, 0.3) is 0 Å². The Balaban J connectivity index is 1.48. The molecule has 5 rings (SSSR count). The van der Waals surface area contributed by atoms with E-state index in [1.165, 1.54) is 0 Å². The first-order valence-corrected chi connectivity index (χ1v) is 11.5. The Hall–Kier alpha value is -3.75. The quantitative estimate of drug-likeness (QED) is 0.693. The fraction of sp³-hybridized carbons (Fsp3) is 0.400. The van der Waals surface area contributed by atoms with Crippen molar-refractivity contribution in [2.24, 2.45) is 0 Å². The van der Waals surface area contributed by atoms with Crippen LogP contribution in [0.15, 0.2) is 42.5 Å². The van der Waals surface area contributed by atoms with Gasteiger partial charge in [0.15, 0.2) is 11.5 Å². The second-order valence-corrected chi connectivity index (χ2v) is 8.55. The van der Waals surface area contributed by atoms with E-state index in [0.29, 0.717) is 55.4 Å². The molecule has 0 saturated carbocycles. The van der Waals surface area contributed by atoms with Crippen LogP contribution in [0.5, 0.6) is 11.5 Å². The molecular formula is C25H27N3O6. The zero-order valence-electron chi connectivity index (χ0n) is 19.2. The number of ether oxygens (including phenoxy) is 3. The summed E-state index contributed by atoms with van der Waals surface area (Å²) in [4.78, 5) is 44.3. The lowest BCUT2D eigenvalue weighted by atomic mass is 9.79. The molecule has 0 unspecified atom stereocenters. The van der Waals surface area contributed by atoms with Gasteiger partial charge in [-0.2, -0.15) is 0 Å². The number of nitrogens with zero attached hydrogens (tertiary/aromatic N) is 3. The molecular weight excluding hydrogens is 438 g/mol. The van der Waals surface area contributed by atoms with Crippen LogP contribution in [0, 0.1) is 0 Å². The Morgan fingerprint density at radius 1 is 1.00 bits per heavy atom. The van der Waals surface area contributed by atoms with Crippen LogP contribution in [0.3, 0.4) is 0 Å². The standard InChI is InChI=1S/C25H27N3O6/c1-3-32-25(31)28-12-10-27(11-13-28)24(30)21-17-6-4-5-7-18(17)23(29)26(2)22(21)16-8-9-19-20(14-16)34-15-33-19/h4-9,14,21-22H,3,10-13,15H2,1-2H3/t21-,22-/m1/s1. The number of fused-ring (bicyclic) bond motifs is 2. The number of amides is 3. The van der Waals surface area contributed by atoms with Crippen molar-refractivity contribution in [3.63, 3.8) is 0 Å². The molecule has 1 fully saturated rings. The summed E-state index contributed by atoms with van der Waals surface area (Å²) in [6, 6.07) is 12.3. The van der Waals surface area contributed by atoms with Gasteiger partial charge in [-0.25, -0.2) is 4.79 Å². The largest absolute Gasteiger partial charge is 0.454 e. The summed E-state index contributed by atoms with van der Waals surface area (Å²) in [6.07, 6.45) is -0.360. The lowest BCUT2D eigenvalue weighted by Gasteiger charge is -2.43. The van der Waals surface area contributed by atoms with E-state index in [9.17, 15) is 14.4 Å². The van der Waals surface area contributed by atoms with Crippen molar-refractivity contribution in [2.45, 2.75) is 18.9 Å². The molecule has 0 aromatic heterocycles. The second kappa shape index (κ2) is 8.89. The Labute approximate surface area is 197 Å². The van der Waals surface area contributed by atoms with Gasteiger partial charge in [0.2, 0.25) is 12.7 Å². The van der Waals surface area contributed by atoms with Gasteiger partial charge in [-0.3, -0.25) is 9.59 Å². The summed E-state index contributed by atoms with van der Waals surface area (Å²) in [5.41, 5.74) is 2.05. The molecule has 9 heteroatoms. The number of benzene rings is 2. The molecule has 34 heavy (non-hydrogen) atoms. The summed E-state index contributed by atoms with van der Waals surface area (Å²) >= 11 is 0. The number of hydrogen-bond donors (Lipinski definition) is 0. The first-order valence-electron chi connectivity index (χ1n) is 11.5. The van der Waals surface area contributed by atoms with E-state index in [-0.39, 0.29) is 24.7 Å². The van der Waals surface area contributed by atoms with E-state index < -0.39 is 12.0 Å². The van der Waals surface area contributed by atoms with Gasteiger partial charge < -0.3 is 28.9 Å². The van der Waals surface area contributed by atoms with Gasteiger partial charge in [-0.1, -0.05) is 24.3 Å². The van der Waals surface area contributed by atoms with Crippen LogP contribution < -0.4 is 9.47 Å². The molecule has 0 N–H and O–H groups in total. The molecule has 3 heterocycles. The maximum absolute atomic E-state index is 14.0. The van der Waals surface area contributed by atoms with E-state index in [1.807, 2.05) is 36.4 Å². The molecule has 0 spiro atoms. The number of carbonyl (C=O) groups excluding carboxylic acids is 3. The highest BCUT2D eigenvalue weighted by molar-refractivity contribution is 6.01. The number of rotatable bonds is 3. The molecule has 178 valence electrons. The minimum absolute atomic E-state index is 0.0713. The minimum Gasteiger partial charge on any atom is -0.454 e. The molecule has 3 amide bonds. The molecule has 2 aromatic carbocycles. The monoisotopic (exact) mass is 465 g/mol. The van der Waals surface area contributed by atoms with Crippen molar-refractivity contribution in [3.8, 4) is 11.5 Å². The third-order valence-electron chi connectivity index (χ3n) is 6.70. The molecule has 3 aliphatic rings. The van der Waals surface area contributed by atoms with Crippen molar-refractivity contribution in [3.05, 3.63) is 59.2 Å². The van der Waals surface area contributed by atoms with Gasteiger partial charge in [0.1, 0.15) is 0 Å². The van der Waals surface area contributed by atoms with Crippen LogP contribution in [-0.4, -0.2) is 79.2 Å². The average Bonchev–Trinajstić information content (AvgIpc) is 3.34. The van der Waals surface area contributed by atoms with Crippen LogP contribution in [0.1, 0.15) is 40.4 Å². The fourth-order valence-electron chi connectivity index (χ4n) is 4.98. The van der Waals surface area contributed by atoms with Gasteiger partial charge in [0.05, 0.1) is 18.6 Å². The Bertz CT molecular complexity index is 1130. The first kappa shape index (κ1) is 22.1. The van der Waals surface area contributed by atoms with Gasteiger partial charge in [-0.05, 0) is 36.2 Å². The Morgan fingerprint density at radius 3 is 2.47 bits per heavy atom. The normalized spacial score (nSPS) is 21.4. The molecule has 3 aliphatic heterocycles. The van der Waals surface area contributed by atoms with Crippen molar-refractivity contribution in [1.82, 2.24) is 14.7 Å². The van der Waals surface area contributed by atoms with Crippen LogP contribution in [0.4, 0.5) is 4.79 Å². The van der Waals surface area contributed by atoms with Gasteiger partial charge in [-0.15, -0.1) is 0 Å². The average molecular weight is 466 g/mol.